The lowest BCUT2D eigenvalue weighted by Gasteiger charge is -2.31. The largest absolute Gasteiger partial charge is 0.496 e. The lowest BCUT2D eigenvalue weighted by atomic mass is 9.74. The average molecular weight is 521 g/mol. The third-order valence-electron chi connectivity index (χ3n) is 8.64. The second-order valence-electron chi connectivity index (χ2n) is 11.5. The van der Waals surface area contributed by atoms with Crippen LogP contribution in [0.1, 0.15) is 100 Å². The Labute approximate surface area is 238 Å². The summed E-state index contributed by atoms with van der Waals surface area (Å²) in [6, 6.07) is 15.9. The molecular weight excluding hydrogens is 472 g/mol. The summed E-state index contributed by atoms with van der Waals surface area (Å²) < 4.78 is 5.65. The molecule has 39 heavy (non-hydrogen) atoms. The van der Waals surface area contributed by atoms with Crippen molar-refractivity contribution in [3.8, 4) is 5.75 Å². The second-order valence-corrected chi connectivity index (χ2v) is 11.5. The molecule has 4 rings (SSSR count). The summed E-state index contributed by atoms with van der Waals surface area (Å²) in [5.41, 5.74) is 10.9. The van der Waals surface area contributed by atoms with Crippen molar-refractivity contribution < 1.29 is 4.74 Å². The van der Waals surface area contributed by atoms with E-state index in [9.17, 15) is 0 Å². The third kappa shape index (κ3) is 7.53. The first-order chi connectivity index (χ1) is 19.0. The van der Waals surface area contributed by atoms with E-state index in [2.05, 4.69) is 100 Å². The minimum atomic E-state index is 0.335. The highest BCUT2D eigenvalue weighted by Crippen LogP contribution is 2.42. The summed E-state index contributed by atoms with van der Waals surface area (Å²) in [6.45, 7) is 11.4. The predicted molar refractivity (Wildman–Crippen MR) is 169 cm³/mol. The molecule has 1 atom stereocenters. The van der Waals surface area contributed by atoms with Crippen molar-refractivity contribution in [2.24, 2.45) is 5.92 Å². The molecule has 0 fully saturated rings. The Morgan fingerprint density at radius 1 is 1.03 bits per heavy atom. The lowest BCUT2D eigenvalue weighted by Crippen LogP contribution is -2.18. The molecule has 0 aromatic heterocycles. The van der Waals surface area contributed by atoms with Gasteiger partial charge in [0.05, 0.1) is 7.11 Å². The summed E-state index contributed by atoms with van der Waals surface area (Å²) in [4.78, 5) is 0. The van der Waals surface area contributed by atoms with Crippen LogP contribution in [-0.2, 0) is 12.8 Å². The minimum absolute atomic E-state index is 0.335. The predicted octanol–water partition coefficient (Wildman–Crippen LogP) is 10.7. The molecule has 2 aromatic rings. The monoisotopic (exact) mass is 520 g/mol. The van der Waals surface area contributed by atoms with Crippen LogP contribution in [0.25, 0.3) is 6.08 Å². The maximum absolute atomic E-state index is 5.65. The number of benzene rings is 2. The van der Waals surface area contributed by atoms with Gasteiger partial charge in [0.2, 0.25) is 0 Å². The molecule has 0 radical (unpaired) electrons. The van der Waals surface area contributed by atoms with Gasteiger partial charge >= 0.3 is 0 Å². The molecule has 0 N–H and O–H groups in total. The Morgan fingerprint density at radius 2 is 1.77 bits per heavy atom. The van der Waals surface area contributed by atoms with Crippen LogP contribution in [-0.4, -0.2) is 7.11 Å². The van der Waals surface area contributed by atoms with Gasteiger partial charge in [0.25, 0.3) is 0 Å². The van der Waals surface area contributed by atoms with Crippen LogP contribution in [0.2, 0.25) is 0 Å². The molecule has 1 heteroatoms. The van der Waals surface area contributed by atoms with E-state index < -0.39 is 0 Å². The zero-order chi connectivity index (χ0) is 27.6. The summed E-state index contributed by atoms with van der Waals surface area (Å²) in [7, 11) is 1.76. The molecule has 0 heterocycles. The van der Waals surface area contributed by atoms with Crippen molar-refractivity contribution in [3.63, 3.8) is 0 Å². The molecule has 0 saturated carbocycles. The van der Waals surface area contributed by atoms with E-state index in [1.54, 1.807) is 12.7 Å². The SMILES string of the molecule is C=C1C(=CCC=C(C)CCc2ccc(C(CCCC)CCCC)cc2)C=CC2=Cc3cccc(OC)c3CC12. The molecule has 0 aliphatic heterocycles. The Bertz CT molecular complexity index is 1230. The number of fused-ring (bicyclic) bond motifs is 2. The Morgan fingerprint density at radius 3 is 2.46 bits per heavy atom. The van der Waals surface area contributed by atoms with Gasteiger partial charge in [-0.15, -0.1) is 0 Å². The molecule has 206 valence electrons. The minimum Gasteiger partial charge on any atom is -0.496 e. The van der Waals surface area contributed by atoms with Crippen molar-refractivity contribution in [1.82, 2.24) is 0 Å². The van der Waals surface area contributed by atoms with Gasteiger partial charge in [-0.25, -0.2) is 0 Å². The number of hydrogen-bond acceptors (Lipinski definition) is 1. The zero-order valence-electron chi connectivity index (χ0n) is 24.8. The fourth-order valence-electron chi connectivity index (χ4n) is 6.08. The maximum Gasteiger partial charge on any atom is 0.122 e. The zero-order valence-corrected chi connectivity index (χ0v) is 24.8. The molecule has 2 aliphatic rings. The molecule has 0 spiro atoms. The molecule has 0 saturated heterocycles. The Balaban J connectivity index is 1.32. The van der Waals surface area contributed by atoms with Gasteiger partial charge in [-0.2, -0.15) is 0 Å². The fraction of sp³-hybridized carbons (Fsp3) is 0.421. The first-order valence-electron chi connectivity index (χ1n) is 15.2. The smallest absolute Gasteiger partial charge is 0.122 e. The first kappa shape index (κ1) is 28.9. The van der Waals surface area contributed by atoms with Crippen molar-refractivity contribution in [3.05, 3.63) is 118 Å². The quantitative estimate of drug-likeness (QED) is 0.239. The van der Waals surface area contributed by atoms with E-state index >= 15 is 0 Å². The number of methoxy groups -OCH3 is 1. The first-order valence-corrected chi connectivity index (χ1v) is 15.2. The van der Waals surface area contributed by atoms with Crippen LogP contribution in [0.4, 0.5) is 0 Å². The topological polar surface area (TPSA) is 9.23 Å². The summed E-state index contributed by atoms with van der Waals surface area (Å²) in [5.74, 6) is 2.05. The molecule has 2 aliphatic carbocycles. The van der Waals surface area contributed by atoms with Gasteiger partial charge in [-0.3, -0.25) is 0 Å². The van der Waals surface area contributed by atoms with Crippen molar-refractivity contribution >= 4 is 6.08 Å². The van der Waals surface area contributed by atoms with Gasteiger partial charge < -0.3 is 4.74 Å². The van der Waals surface area contributed by atoms with Gasteiger partial charge in [0.15, 0.2) is 0 Å². The van der Waals surface area contributed by atoms with Crippen LogP contribution in [0.5, 0.6) is 5.75 Å². The summed E-state index contributed by atoms with van der Waals surface area (Å²) >= 11 is 0. The molecule has 1 nitrogen and oxygen atoms in total. The van der Waals surface area contributed by atoms with E-state index in [0.717, 1.165) is 37.4 Å². The number of aryl methyl sites for hydroxylation is 1. The fourth-order valence-corrected chi connectivity index (χ4v) is 6.08. The van der Waals surface area contributed by atoms with E-state index in [-0.39, 0.29) is 0 Å². The number of ether oxygens (including phenoxy) is 1. The van der Waals surface area contributed by atoms with Crippen molar-refractivity contribution in [2.45, 2.75) is 90.9 Å². The number of allylic oxidation sites excluding steroid dienone is 8. The van der Waals surface area contributed by atoms with E-state index in [4.69, 9.17) is 4.74 Å². The van der Waals surface area contributed by atoms with Crippen LogP contribution < -0.4 is 4.74 Å². The van der Waals surface area contributed by atoms with Crippen LogP contribution in [0.15, 0.2) is 95.6 Å². The van der Waals surface area contributed by atoms with Crippen molar-refractivity contribution in [2.75, 3.05) is 7.11 Å². The van der Waals surface area contributed by atoms with Gasteiger partial charge in [-0.05, 0) is 90.8 Å². The highest BCUT2D eigenvalue weighted by atomic mass is 16.5. The average Bonchev–Trinajstić information content (AvgIpc) is 2.96. The molecule has 1 unspecified atom stereocenters. The maximum atomic E-state index is 5.65. The molecule has 2 aromatic carbocycles. The highest BCUT2D eigenvalue weighted by Gasteiger charge is 2.28. The molecular formula is C38H48O. The van der Waals surface area contributed by atoms with Gasteiger partial charge in [-0.1, -0.05) is 118 Å². The summed E-state index contributed by atoms with van der Waals surface area (Å²) in [6.07, 6.45) is 23.6. The van der Waals surface area contributed by atoms with Crippen molar-refractivity contribution in [1.29, 1.82) is 0 Å². The molecule has 0 bridgehead atoms. The number of rotatable bonds is 13. The van der Waals surface area contributed by atoms with E-state index in [0.29, 0.717) is 5.92 Å². The highest BCUT2D eigenvalue weighted by molar-refractivity contribution is 5.70. The van der Waals surface area contributed by atoms with E-state index in [1.165, 1.54) is 77.5 Å². The normalized spacial score (nSPS) is 17.8. The Hall–Kier alpha value is -3.06. The second kappa shape index (κ2) is 14.4. The molecule has 0 amide bonds. The number of unbranched alkanes of at least 4 members (excludes halogenated alkanes) is 2. The third-order valence-corrected chi connectivity index (χ3v) is 8.64. The number of hydrogen-bond donors (Lipinski definition) is 0. The van der Waals surface area contributed by atoms with Gasteiger partial charge in [0, 0.05) is 11.5 Å². The Kier molecular flexibility index (Phi) is 10.7. The van der Waals surface area contributed by atoms with Crippen LogP contribution in [0.3, 0.4) is 0 Å². The standard InChI is InChI=1S/C38H48O/c1-6-8-13-32(14-9-7-2)33-22-20-30(21-23-33)19-18-28(3)12-10-15-31-24-25-35-26-34-16-11-17-38(39-5)37(34)27-36(35)29(31)4/h11-12,15-17,20-26,32,36H,4,6-10,13-14,18-19,27H2,1-3,5H3. The van der Waals surface area contributed by atoms with Crippen LogP contribution >= 0.6 is 0 Å². The van der Waals surface area contributed by atoms with Crippen LogP contribution in [0, 0.1) is 5.92 Å². The summed E-state index contributed by atoms with van der Waals surface area (Å²) in [5, 5.41) is 0. The van der Waals surface area contributed by atoms with E-state index in [1.807, 2.05) is 0 Å². The lowest BCUT2D eigenvalue weighted by molar-refractivity contribution is 0.407. The van der Waals surface area contributed by atoms with Gasteiger partial charge in [0.1, 0.15) is 5.75 Å².